The summed E-state index contributed by atoms with van der Waals surface area (Å²) >= 11 is 1.14. The van der Waals surface area contributed by atoms with E-state index in [1.165, 1.54) is 18.3 Å². The molecule has 0 radical (unpaired) electrons. The number of carbonyl (C=O) groups is 1. The van der Waals surface area contributed by atoms with E-state index in [2.05, 4.69) is 26.5 Å². The van der Waals surface area contributed by atoms with Crippen molar-refractivity contribution >= 4 is 35.3 Å². The number of hydrogen-bond donors (Lipinski definition) is 1. The van der Waals surface area contributed by atoms with Crippen molar-refractivity contribution < 1.29 is 14.5 Å². The molecule has 172 valence electrons. The Balaban J connectivity index is 1.68. The summed E-state index contributed by atoms with van der Waals surface area (Å²) in [7, 11) is 1.55. The molecule has 1 saturated heterocycles. The number of methoxy groups -OCH3 is 1. The standard InChI is InChI=1S/C22H24N6O4S/c1-15-9-17(13-32-2)19(11-23)22(25-15)33-14-21(29)26-24-12-16-10-18(28(30)31)5-6-20(16)27-7-3-4-8-27/h5-6,9-10,12H,3-4,7-8,13-14H2,1-2H3,(H,26,29)/b24-12-. The summed E-state index contributed by atoms with van der Waals surface area (Å²) in [4.78, 5) is 29.5. The third kappa shape index (κ3) is 6.27. The summed E-state index contributed by atoms with van der Waals surface area (Å²) < 4.78 is 5.14. The molecular weight excluding hydrogens is 444 g/mol. The number of nitrogens with one attached hydrogen (secondary N) is 1. The number of non-ortho nitro benzene ring substituents is 1. The van der Waals surface area contributed by atoms with E-state index in [0.717, 1.165) is 49.1 Å². The van der Waals surface area contributed by atoms with E-state index in [4.69, 9.17) is 4.74 Å². The molecule has 3 rings (SSSR count). The van der Waals surface area contributed by atoms with Crippen molar-refractivity contribution in [3.63, 3.8) is 0 Å². The largest absolute Gasteiger partial charge is 0.380 e. The first-order valence-corrected chi connectivity index (χ1v) is 11.3. The number of nitro benzene ring substituents is 1. The average molecular weight is 469 g/mol. The summed E-state index contributed by atoms with van der Waals surface area (Å²) in [5.41, 5.74) is 5.64. The monoisotopic (exact) mass is 468 g/mol. The lowest BCUT2D eigenvalue weighted by molar-refractivity contribution is -0.384. The van der Waals surface area contributed by atoms with Crippen LogP contribution in [-0.4, -0.2) is 48.0 Å². The Bertz CT molecular complexity index is 1110. The van der Waals surface area contributed by atoms with Gasteiger partial charge in [-0.15, -0.1) is 0 Å². The Morgan fingerprint density at radius 2 is 2.18 bits per heavy atom. The molecule has 0 saturated carbocycles. The number of amides is 1. The second kappa shape index (κ2) is 11.4. The third-order valence-corrected chi connectivity index (χ3v) is 5.98. The van der Waals surface area contributed by atoms with E-state index in [-0.39, 0.29) is 24.0 Å². The first-order valence-electron chi connectivity index (χ1n) is 10.3. The molecule has 0 atom stereocenters. The molecule has 0 bridgehead atoms. The van der Waals surface area contributed by atoms with Crippen LogP contribution in [0.2, 0.25) is 0 Å². The normalized spacial score (nSPS) is 13.3. The SMILES string of the molecule is COCc1cc(C)nc(SCC(=O)N/N=C\c2cc([N+](=O)[O-])ccc2N2CCCC2)c1C#N. The fourth-order valence-corrected chi connectivity index (χ4v) is 4.41. The maximum Gasteiger partial charge on any atom is 0.270 e. The summed E-state index contributed by atoms with van der Waals surface area (Å²) in [6.07, 6.45) is 3.54. The lowest BCUT2D eigenvalue weighted by Gasteiger charge is -2.19. The minimum absolute atomic E-state index is 0.00279. The first kappa shape index (κ1) is 24.2. The van der Waals surface area contributed by atoms with Crippen LogP contribution in [0.3, 0.4) is 0 Å². The van der Waals surface area contributed by atoms with Gasteiger partial charge in [0.25, 0.3) is 5.69 Å². The molecule has 1 aliphatic rings. The molecule has 33 heavy (non-hydrogen) atoms. The predicted octanol–water partition coefficient (Wildman–Crippen LogP) is 3.16. The molecule has 10 nitrogen and oxygen atoms in total. The Morgan fingerprint density at radius 1 is 1.42 bits per heavy atom. The highest BCUT2D eigenvalue weighted by Gasteiger charge is 2.18. The molecule has 2 heterocycles. The number of hydrogen-bond acceptors (Lipinski definition) is 9. The van der Waals surface area contributed by atoms with Gasteiger partial charge in [0.15, 0.2) is 0 Å². The molecular formula is C22H24N6O4S. The van der Waals surface area contributed by atoms with Crippen LogP contribution in [0.15, 0.2) is 34.4 Å². The van der Waals surface area contributed by atoms with Crippen LogP contribution in [0.25, 0.3) is 0 Å². The van der Waals surface area contributed by atoms with Gasteiger partial charge in [-0.05, 0) is 37.5 Å². The number of nitriles is 1. The summed E-state index contributed by atoms with van der Waals surface area (Å²) in [5, 5.41) is 25.1. The Kier molecular flexibility index (Phi) is 8.34. The molecule has 2 aromatic rings. The van der Waals surface area contributed by atoms with Gasteiger partial charge in [-0.25, -0.2) is 10.4 Å². The molecule has 1 aromatic carbocycles. The predicted molar refractivity (Wildman–Crippen MR) is 125 cm³/mol. The Labute approximate surface area is 195 Å². The molecule has 0 unspecified atom stereocenters. The smallest absolute Gasteiger partial charge is 0.270 e. The van der Waals surface area contributed by atoms with E-state index in [9.17, 15) is 20.2 Å². The third-order valence-electron chi connectivity index (χ3n) is 5.01. The zero-order valence-electron chi connectivity index (χ0n) is 18.4. The average Bonchev–Trinajstić information content (AvgIpc) is 3.32. The number of aromatic nitrogens is 1. The molecule has 1 N–H and O–H groups in total. The van der Waals surface area contributed by atoms with Crippen LogP contribution < -0.4 is 10.3 Å². The highest BCUT2D eigenvalue weighted by molar-refractivity contribution is 8.00. The number of rotatable bonds is 9. The van der Waals surface area contributed by atoms with E-state index in [1.807, 2.05) is 6.92 Å². The quantitative estimate of drug-likeness (QED) is 0.257. The van der Waals surface area contributed by atoms with Gasteiger partial charge in [0, 0.05) is 49.3 Å². The van der Waals surface area contributed by atoms with Gasteiger partial charge >= 0.3 is 0 Å². The van der Waals surface area contributed by atoms with Gasteiger partial charge < -0.3 is 9.64 Å². The van der Waals surface area contributed by atoms with Crippen molar-refractivity contribution in [3.05, 3.63) is 56.8 Å². The number of nitro groups is 1. The van der Waals surface area contributed by atoms with Gasteiger partial charge in [0.05, 0.1) is 29.1 Å². The number of hydrazone groups is 1. The van der Waals surface area contributed by atoms with Crippen molar-refractivity contribution in [1.29, 1.82) is 5.26 Å². The van der Waals surface area contributed by atoms with E-state index >= 15 is 0 Å². The number of carbonyl (C=O) groups excluding carboxylic acids is 1. The summed E-state index contributed by atoms with van der Waals surface area (Å²) in [6, 6.07) is 8.55. The van der Waals surface area contributed by atoms with Gasteiger partial charge in [-0.2, -0.15) is 10.4 Å². The van der Waals surface area contributed by atoms with Gasteiger partial charge in [-0.1, -0.05) is 11.8 Å². The fraction of sp³-hybridized carbons (Fsp3) is 0.364. The van der Waals surface area contributed by atoms with E-state index in [0.29, 0.717) is 21.7 Å². The lowest BCUT2D eigenvalue weighted by Crippen LogP contribution is -2.21. The molecule has 1 aromatic heterocycles. The van der Waals surface area contributed by atoms with Crippen LogP contribution in [0.1, 0.15) is 35.2 Å². The van der Waals surface area contributed by atoms with Gasteiger partial charge in [-0.3, -0.25) is 14.9 Å². The Morgan fingerprint density at radius 3 is 2.85 bits per heavy atom. The van der Waals surface area contributed by atoms with Crippen molar-refractivity contribution in [3.8, 4) is 6.07 Å². The molecule has 1 amide bonds. The van der Waals surface area contributed by atoms with Crippen LogP contribution in [0.5, 0.6) is 0 Å². The van der Waals surface area contributed by atoms with Crippen molar-refractivity contribution in [2.75, 3.05) is 30.9 Å². The maximum atomic E-state index is 12.3. The summed E-state index contributed by atoms with van der Waals surface area (Å²) in [5.74, 6) is -0.382. The molecule has 11 heteroatoms. The second-order valence-electron chi connectivity index (χ2n) is 7.42. The maximum absolute atomic E-state index is 12.3. The highest BCUT2D eigenvalue weighted by atomic mass is 32.2. The van der Waals surface area contributed by atoms with Gasteiger partial charge in [0.2, 0.25) is 5.91 Å². The van der Waals surface area contributed by atoms with Crippen LogP contribution in [0, 0.1) is 28.4 Å². The van der Waals surface area contributed by atoms with Crippen LogP contribution >= 0.6 is 11.8 Å². The van der Waals surface area contributed by atoms with Crippen molar-refractivity contribution in [2.45, 2.75) is 31.4 Å². The molecule has 1 aliphatic heterocycles. The van der Waals surface area contributed by atoms with Gasteiger partial charge in [0.1, 0.15) is 11.1 Å². The van der Waals surface area contributed by atoms with Crippen LogP contribution in [0.4, 0.5) is 11.4 Å². The summed E-state index contributed by atoms with van der Waals surface area (Å²) in [6.45, 7) is 3.83. The number of anilines is 1. The highest BCUT2D eigenvalue weighted by Crippen LogP contribution is 2.27. The first-order chi connectivity index (χ1) is 15.9. The molecule has 1 fully saturated rings. The molecule has 0 spiro atoms. The number of ether oxygens (including phenoxy) is 1. The number of thioether (sulfide) groups is 1. The van der Waals surface area contributed by atoms with Crippen LogP contribution in [-0.2, 0) is 16.1 Å². The number of aryl methyl sites for hydroxylation is 1. The lowest BCUT2D eigenvalue weighted by atomic mass is 10.1. The molecule has 0 aliphatic carbocycles. The number of nitrogens with zero attached hydrogens (tertiary/aromatic N) is 5. The zero-order valence-corrected chi connectivity index (χ0v) is 19.2. The zero-order chi connectivity index (χ0) is 23.8. The second-order valence-corrected chi connectivity index (χ2v) is 8.39. The Hall–Kier alpha value is -3.49. The minimum atomic E-state index is -0.459. The minimum Gasteiger partial charge on any atom is -0.380 e. The fourth-order valence-electron chi connectivity index (χ4n) is 3.55. The number of pyridine rings is 1. The van der Waals surface area contributed by atoms with Crippen molar-refractivity contribution in [2.24, 2.45) is 5.10 Å². The van der Waals surface area contributed by atoms with E-state index < -0.39 is 4.92 Å². The van der Waals surface area contributed by atoms with Crippen molar-refractivity contribution in [1.82, 2.24) is 10.4 Å². The number of benzene rings is 1. The topological polar surface area (TPSA) is 134 Å². The van der Waals surface area contributed by atoms with E-state index in [1.54, 1.807) is 19.2 Å².